The van der Waals surface area contributed by atoms with E-state index in [-0.39, 0.29) is 5.91 Å². The van der Waals surface area contributed by atoms with E-state index in [0.29, 0.717) is 18.5 Å². The first kappa shape index (κ1) is 17.5. The van der Waals surface area contributed by atoms with E-state index in [1.165, 1.54) is 4.70 Å². The van der Waals surface area contributed by atoms with Crippen LogP contribution in [0.1, 0.15) is 22.3 Å². The summed E-state index contributed by atoms with van der Waals surface area (Å²) in [6.07, 6.45) is 0.346. The van der Waals surface area contributed by atoms with Gasteiger partial charge in [-0.15, -0.1) is 11.3 Å². The highest BCUT2D eigenvalue weighted by atomic mass is 32.2. The third-order valence-electron chi connectivity index (χ3n) is 3.74. The molecule has 126 valence electrons. The van der Waals surface area contributed by atoms with Gasteiger partial charge in [-0.25, -0.2) is 4.98 Å². The molecular formula is C19H17N3OS2. The van der Waals surface area contributed by atoms with E-state index in [4.69, 9.17) is 5.26 Å². The Hall–Kier alpha value is -2.36. The van der Waals surface area contributed by atoms with Crippen LogP contribution in [0.2, 0.25) is 0 Å². The number of carbonyl (C=O) groups is 1. The summed E-state index contributed by atoms with van der Waals surface area (Å²) in [4.78, 5) is 18.4. The van der Waals surface area contributed by atoms with Gasteiger partial charge in [-0.1, -0.05) is 36.0 Å². The number of benzene rings is 2. The van der Waals surface area contributed by atoms with Gasteiger partial charge in [-0.3, -0.25) is 4.79 Å². The second-order valence-electron chi connectivity index (χ2n) is 5.57. The van der Waals surface area contributed by atoms with Gasteiger partial charge in [0.25, 0.3) is 5.91 Å². The second-order valence-corrected chi connectivity index (χ2v) is 7.82. The highest BCUT2D eigenvalue weighted by molar-refractivity contribution is 8.00. The van der Waals surface area contributed by atoms with Crippen molar-refractivity contribution in [2.45, 2.75) is 16.5 Å². The maximum Gasteiger partial charge on any atom is 0.253 e. The number of rotatable bonds is 6. The highest BCUT2D eigenvalue weighted by Crippen LogP contribution is 2.31. The van der Waals surface area contributed by atoms with E-state index < -0.39 is 0 Å². The molecule has 2 aromatic carbocycles. The zero-order valence-corrected chi connectivity index (χ0v) is 15.4. The predicted octanol–water partition coefficient (Wildman–Crippen LogP) is 4.57. The fourth-order valence-electron chi connectivity index (χ4n) is 2.34. The van der Waals surface area contributed by atoms with Crippen molar-refractivity contribution in [2.24, 2.45) is 0 Å². The van der Waals surface area contributed by atoms with Crippen molar-refractivity contribution in [3.8, 4) is 6.07 Å². The molecule has 3 aromatic rings. The van der Waals surface area contributed by atoms with E-state index in [1.54, 1.807) is 35.0 Å². The van der Waals surface area contributed by atoms with Crippen LogP contribution in [-0.4, -0.2) is 29.4 Å². The van der Waals surface area contributed by atoms with E-state index >= 15 is 0 Å². The molecule has 0 radical (unpaired) electrons. The Kier molecular flexibility index (Phi) is 5.69. The number of nitriles is 1. The number of thiazole rings is 1. The second kappa shape index (κ2) is 8.15. The zero-order valence-electron chi connectivity index (χ0n) is 13.8. The minimum absolute atomic E-state index is 0.0550. The number of fused-ring (bicyclic) bond motifs is 1. The molecule has 0 spiro atoms. The molecule has 0 aliphatic heterocycles. The first-order valence-corrected chi connectivity index (χ1v) is 9.67. The van der Waals surface area contributed by atoms with Crippen LogP contribution in [0.3, 0.4) is 0 Å². The quantitative estimate of drug-likeness (QED) is 0.599. The SMILES string of the molecule is CN(CCC#N)C(=O)c1ccc(CSc2nc3ccccc3s2)cc1. The van der Waals surface area contributed by atoms with Crippen molar-refractivity contribution < 1.29 is 4.79 Å². The lowest BCUT2D eigenvalue weighted by Gasteiger charge is -2.15. The van der Waals surface area contributed by atoms with Crippen LogP contribution < -0.4 is 0 Å². The standard InChI is InChI=1S/C19H17N3OS2/c1-22(12-4-11-20)18(23)15-9-7-14(8-10-15)13-24-19-21-16-5-2-3-6-17(16)25-19/h2-3,5-10H,4,12-13H2,1H3. The van der Waals surface area contributed by atoms with Gasteiger partial charge in [0.15, 0.2) is 4.34 Å². The van der Waals surface area contributed by atoms with Gasteiger partial charge in [0.2, 0.25) is 0 Å². The maximum absolute atomic E-state index is 12.2. The molecule has 0 bridgehead atoms. The van der Waals surface area contributed by atoms with Crippen LogP contribution >= 0.6 is 23.1 Å². The third kappa shape index (κ3) is 4.38. The Morgan fingerprint density at radius 2 is 2.00 bits per heavy atom. The topological polar surface area (TPSA) is 57.0 Å². The summed E-state index contributed by atoms with van der Waals surface area (Å²) >= 11 is 3.41. The number of para-hydroxylation sites is 1. The van der Waals surface area contributed by atoms with Gasteiger partial charge in [-0.2, -0.15) is 5.26 Å². The first-order valence-electron chi connectivity index (χ1n) is 7.87. The fourth-order valence-corrected chi connectivity index (χ4v) is 4.37. The lowest BCUT2D eigenvalue weighted by Crippen LogP contribution is -2.27. The van der Waals surface area contributed by atoms with Gasteiger partial charge >= 0.3 is 0 Å². The molecule has 0 atom stereocenters. The Morgan fingerprint density at radius 3 is 2.72 bits per heavy atom. The van der Waals surface area contributed by atoms with Crippen molar-refractivity contribution in [3.05, 3.63) is 59.7 Å². The molecule has 1 amide bonds. The predicted molar refractivity (Wildman–Crippen MR) is 103 cm³/mol. The van der Waals surface area contributed by atoms with Crippen LogP contribution in [0.25, 0.3) is 10.2 Å². The van der Waals surface area contributed by atoms with Crippen molar-refractivity contribution in [1.29, 1.82) is 5.26 Å². The summed E-state index contributed by atoms with van der Waals surface area (Å²) in [6.45, 7) is 0.449. The number of amides is 1. The smallest absolute Gasteiger partial charge is 0.253 e. The molecule has 3 rings (SSSR count). The Bertz CT molecular complexity index is 879. The number of nitrogens with zero attached hydrogens (tertiary/aromatic N) is 3. The number of aromatic nitrogens is 1. The first-order chi connectivity index (χ1) is 12.2. The molecule has 0 saturated carbocycles. The summed E-state index contributed by atoms with van der Waals surface area (Å²) in [6, 6.07) is 17.8. The monoisotopic (exact) mass is 367 g/mol. The molecule has 0 fully saturated rings. The van der Waals surface area contributed by atoms with E-state index in [1.807, 2.05) is 42.5 Å². The third-order valence-corrected chi connectivity index (χ3v) is 5.99. The zero-order chi connectivity index (χ0) is 17.6. The minimum Gasteiger partial charge on any atom is -0.341 e. The summed E-state index contributed by atoms with van der Waals surface area (Å²) < 4.78 is 2.25. The fraction of sp³-hybridized carbons (Fsp3) is 0.211. The summed E-state index contributed by atoms with van der Waals surface area (Å²) in [7, 11) is 1.72. The lowest BCUT2D eigenvalue weighted by molar-refractivity contribution is 0.0798. The van der Waals surface area contributed by atoms with Crippen molar-refractivity contribution in [1.82, 2.24) is 9.88 Å². The number of hydrogen-bond donors (Lipinski definition) is 0. The summed E-state index contributed by atoms with van der Waals surface area (Å²) in [5.41, 5.74) is 2.84. The molecule has 0 aliphatic rings. The maximum atomic E-state index is 12.2. The Balaban J connectivity index is 1.60. The van der Waals surface area contributed by atoms with Crippen LogP contribution in [0.5, 0.6) is 0 Å². The minimum atomic E-state index is -0.0550. The molecule has 0 saturated heterocycles. The molecule has 0 unspecified atom stereocenters. The Labute approximate surface area is 155 Å². The molecule has 0 aliphatic carbocycles. The van der Waals surface area contributed by atoms with Crippen LogP contribution in [-0.2, 0) is 5.75 Å². The van der Waals surface area contributed by atoms with Crippen LogP contribution in [0, 0.1) is 11.3 Å². The molecule has 1 aromatic heterocycles. The van der Waals surface area contributed by atoms with Gasteiger partial charge in [0.1, 0.15) is 0 Å². The van der Waals surface area contributed by atoms with Crippen LogP contribution in [0.15, 0.2) is 52.9 Å². The highest BCUT2D eigenvalue weighted by Gasteiger charge is 2.11. The van der Waals surface area contributed by atoms with E-state index in [9.17, 15) is 4.79 Å². The molecule has 0 N–H and O–H groups in total. The number of hydrogen-bond acceptors (Lipinski definition) is 5. The van der Waals surface area contributed by atoms with Crippen molar-refractivity contribution >= 4 is 39.2 Å². The Morgan fingerprint density at radius 1 is 1.24 bits per heavy atom. The van der Waals surface area contributed by atoms with E-state index in [2.05, 4.69) is 17.1 Å². The van der Waals surface area contributed by atoms with Crippen LogP contribution in [0.4, 0.5) is 0 Å². The summed E-state index contributed by atoms with van der Waals surface area (Å²) in [5.74, 6) is 0.763. The van der Waals surface area contributed by atoms with E-state index in [0.717, 1.165) is 21.2 Å². The molecule has 6 heteroatoms. The molecule has 1 heterocycles. The average molecular weight is 367 g/mol. The van der Waals surface area contributed by atoms with Crippen molar-refractivity contribution in [3.63, 3.8) is 0 Å². The van der Waals surface area contributed by atoms with Crippen molar-refractivity contribution in [2.75, 3.05) is 13.6 Å². The van der Waals surface area contributed by atoms with Gasteiger partial charge in [0.05, 0.1) is 22.7 Å². The summed E-state index contributed by atoms with van der Waals surface area (Å²) in [5, 5.41) is 8.61. The molecule has 4 nitrogen and oxygen atoms in total. The normalized spacial score (nSPS) is 10.6. The average Bonchev–Trinajstić information content (AvgIpc) is 3.07. The number of carbonyl (C=O) groups excluding carboxylic acids is 1. The largest absolute Gasteiger partial charge is 0.341 e. The van der Waals surface area contributed by atoms with Gasteiger partial charge in [0, 0.05) is 24.9 Å². The van der Waals surface area contributed by atoms with Gasteiger partial charge < -0.3 is 4.90 Å². The molecule has 25 heavy (non-hydrogen) atoms. The molecular weight excluding hydrogens is 350 g/mol. The lowest BCUT2D eigenvalue weighted by atomic mass is 10.1. The van der Waals surface area contributed by atoms with Gasteiger partial charge in [-0.05, 0) is 29.8 Å². The number of thioether (sulfide) groups is 1.